The Balaban J connectivity index is 2.02. The third-order valence-electron chi connectivity index (χ3n) is 4.78. The molecule has 9 heteroatoms. The number of rotatable bonds is 9. The van der Waals surface area contributed by atoms with Crippen LogP contribution in [-0.4, -0.2) is 69.6 Å². The largest absolute Gasteiger partial charge is 0.508 e. The molecule has 154 valence electrons. The summed E-state index contributed by atoms with van der Waals surface area (Å²) >= 11 is 1.60. The molecule has 1 saturated heterocycles. The number of nitrogens with one attached hydrogen (secondary N) is 1. The highest BCUT2D eigenvalue weighted by atomic mass is 32.2. The summed E-state index contributed by atoms with van der Waals surface area (Å²) in [7, 11) is 0. The first kappa shape index (κ1) is 22.0. The average Bonchev–Trinajstić information content (AvgIpc) is 3.16. The second-order valence-electron chi connectivity index (χ2n) is 6.85. The van der Waals surface area contributed by atoms with Crippen molar-refractivity contribution >= 4 is 29.5 Å². The van der Waals surface area contributed by atoms with Gasteiger partial charge in [0.1, 0.15) is 17.8 Å². The maximum Gasteiger partial charge on any atom is 0.326 e. The van der Waals surface area contributed by atoms with Crippen LogP contribution in [-0.2, 0) is 20.8 Å². The molecule has 8 nitrogen and oxygen atoms in total. The van der Waals surface area contributed by atoms with Crippen molar-refractivity contribution in [2.45, 2.75) is 43.8 Å². The van der Waals surface area contributed by atoms with Crippen molar-refractivity contribution in [3.05, 3.63) is 29.8 Å². The Bertz CT molecular complexity index is 697. The fraction of sp³-hybridized carbons (Fsp3) is 0.526. The number of carbonyl (C=O) groups excluding carboxylic acids is 2. The molecule has 1 aromatic carbocycles. The number of aromatic hydroxyl groups is 1. The second-order valence-corrected chi connectivity index (χ2v) is 7.83. The quantitative estimate of drug-likeness (QED) is 0.469. The van der Waals surface area contributed by atoms with Gasteiger partial charge >= 0.3 is 5.97 Å². The number of nitrogens with zero attached hydrogens (tertiary/aromatic N) is 1. The van der Waals surface area contributed by atoms with Crippen LogP contribution in [0.5, 0.6) is 5.75 Å². The number of carboxylic acid groups (broad SMARTS) is 1. The predicted octanol–water partition coefficient (Wildman–Crippen LogP) is 0.576. The first-order chi connectivity index (χ1) is 13.3. The summed E-state index contributed by atoms with van der Waals surface area (Å²) in [5.41, 5.74) is 6.63. The predicted molar refractivity (Wildman–Crippen MR) is 107 cm³/mol. The van der Waals surface area contributed by atoms with Crippen molar-refractivity contribution in [1.82, 2.24) is 10.2 Å². The minimum absolute atomic E-state index is 0.0786. The number of amides is 2. The number of phenols is 1. The molecule has 1 fully saturated rings. The molecule has 5 N–H and O–H groups in total. The maximum atomic E-state index is 12.7. The number of benzene rings is 1. The normalized spacial score (nSPS) is 18.5. The van der Waals surface area contributed by atoms with Gasteiger partial charge in [0.05, 0.1) is 6.04 Å². The molecule has 0 radical (unpaired) electrons. The molecule has 1 aromatic rings. The molecule has 1 aliphatic rings. The van der Waals surface area contributed by atoms with Crippen LogP contribution < -0.4 is 11.1 Å². The highest BCUT2D eigenvalue weighted by molar-refractivity contribution is 7.98. The smallest absolute Gasteiger partial charge is 0.326 e. The summed E-state index contributed by atoms with van der Waals surface area (Å²) < 4.78 is 0. The van der Waals surface area contributed by atoms with Gasteiger partial charge in [0.2, 0.25) is 11.8 Å². The number of likely N-dealkylation sites (tertiary alicyclic amines) is 1. The first-order valence-electron chi connectivity index (χ1n) is 9.19. The molecule has 2 rings (SSSR count). The van der Waals surface area contributed by atoms with Gasteiger partial charge in [-0.25, -0.2) is 4.79 Å². The lowest BCUT2D eigenvalue weighted by Gasteiger charge is -2.27. The Hall–Kier alpha value is -2.26. The first-order valence-corrected chi connectivity index (χ1v) is 10.6. The standard InChI is InChI=1S/C19H27N3O5S/c1-28-10-8-14(20)18(25)22-9-2-3-16(22)17(24)21-15(19(26)27)11-12-4-6-13(23)7-5-12/h4-7,14-16,23H,2-3,8-11,20H2,1H3,(H,21,24)(H,26,27). The van der Waals surface area contributed by atoms with Gasteiger partial charge in [-0.1, -0.05) is 12.1 Å². The average molecular weight is 410 g/mol. The van der Waals surface area contributed by atoms with E-state index in [1.54, 1.807) is 23.9 Å². The molecule has 1 heterocycles. The van der Waals surface area contributed by atoms with E-state index in [2.05, 4.69) is 5.32 Å². The van der Waals surface area contributed by atoms with Gasteiger partial charge in [0.15, 0.2) is 0 Å². The molecule has 0 aliphatic carbocycles. The van der Waals surface area contributed by atoms with Crippen molar-refractivity contribution < 1.29 is 24.6 Å². The van der Waals surface area contributed by atoms with E-state index in [1.807, 2.05) is 6.26 Å². The van der Waals surface area contributed by atoms with Crippen molar-refractivity contribution in [2.75, 3.05) is 18.6 Å². The zero-order valence-corrected chi connectivity index (χ0v) is 16.7. The Labute approximate surface area is 168 Å². The number of carbonyl (C=O) groups is 3. The van der Waals surface area contributed by atoms with Crippen molar-refractivity contribution in [1.29, 1.82) is 0 Å². The highest BCUT2D eigenvalue weighted by Gasteiger charge is 2.37. The van der Waals surface area contributed by atoms with E-state index in [1.165, 1.54) is 17.0 Å². The van der Waals surface area contributed by atoms with E-state index < -0.39 is 30.0 Å². The Morgan fingerprint density at radius 2 is 2.00 bits per heavy atom. The molecule has 1 aliphatic heterocycles. The second kappa shape index (κ2) is 10.3. The van der Waals surface area contributed by atoms with Gasteiger partial charge in [-0.3, -0.25) is 9.59 Å². The van der Waals surface area contributed by atoms with Gasteiger partial charge in [-0.15, -0.1) is 0 Å². The van der Waals surface area contributed by atoms with E-state index in [-0.39, 0.29) is 18.1 Å². The van der Waals surface area contributed by atoms with E-state index in [9.17, 15) is 24.6 Å². The minimum Gasteiger partial charge on any atom is -0.508 e. The van der Waals surface area contributed by atoms with Gasteiger partial charge in [-0.2, -0.15) is 11.8 Å². The molecule has 2 amide bonds. The lowest BCUT2D eigenvalue weighted by atomic mass is 10.0. The molecule has 28 heavy (non-hydrogen) atoms. The zero-order chi connectivity index (χ0) is 20.7. The van der Waals surface area contributed by atoms with Gasteiger partial charge in [-0.05, 0) is 49.0 Å². The molecule has 3 atom stereocenters. The van der Waals surface area contributed by atoms with Crippen molar-refractivity contribution in [3.63, 3.8) is 0 Å². The van der Waals surface area contributed by atoms with Gasteiger partial charge < -0.3 is 26.2 Å². The molecule has 0 bridgehead atoms. The fourth-order valence-corrected chi connectivity index (χ4v) is 3.71. The molecular formula is C19H27N3O5S. The molecule has 3 unspecified atom stereocenters. The topological polar surface area (TPSA) is 133 Å². The third-order valence-corrected chi connectivity index (χ3v) is 5.42. The van der Waals surface area contributed by atoms with Crippen LogP contribution in [0, 0.1) is 0 Å². The van der Waals surface area contributed by atoms with Crippen molar-refractivity contribution in [3.8, 4) is 5.75 Å². The number of hydrogen-bond acceptors (Lipinski definition) is 6. The lowest BCUT2D eigenvalue weighted by molar-refractivity contribution is -0.144. The Kier molecular flexibility index (Phi) is 8.13. The van der Waals surface area contributed by atoms with E-state index >= 15 is 0 Å². The number of nitrogens with two attached hydrogens (primary N) is 1. The number of hydrogen-bond donors (Lipinski definition) is 4. The SMILES string of the molecule is CSCCC(N)C(=O)N1CCCC1C(=O)NC(Cc1ccc(O)cc1)C(=O)O. The molecule has 0 saturated carbocycles. The highest BCUT2D eigenvalue weighted by Crippen LogP contribution is 2.20. The van der Waals surface area contributed by atoms with Crippen LogP contribution in [0.4, 0.5) is 0 Å². The van der Waals surface area contributed by atoms with Crippen molar-refractivity contribution in [2.24, 2.45) is 5.73 Å². The van der Waals surface area contributed by atoms with E-state index in [0.717, 1.165) is 5.75 Å². The fourth-order valence-electron chi connectivity index (χ4n) is 3.22. The monoisotopic (exact) mass is 409 g/mol. The summed E-state index contributed by atoms with van der Waals surface area (Å²) in [4.78, 5) is 38.4. The van der Waals surface area contributed by atoms with Crippen LogP contribution >= 0.6 is 11.8 Å². The molecule has 0 aromatic heterocycles. The number of thioether (sulfide) groups is 1. The van der Waals surface area contributed by atoms with Crippen LogP contribution in [0.25, 0.3) is 0 Å². The summed E-state index contributed by atoms with van der Waals surface area (Å²) in [6, 6.07) is 3.65. The summed E-state index contributed by atoms with van der Waals surface area (Å²) in [6.45, 7) is 0.444. The lowest BCUT2D eigenvalue weighted by Crippen LogP contribution is -2.54. The van der Waals surface area contributed by atoms with Crippen LogP contribution in [0.3, 0.4) is 0 Å². The Morgan fingerprint density at radius 3 is 2.61 bits per heavy atom. The van der Waals surface area contributed by atoms with Crippen LogP contribution in [0.1, 0.15) is 24.8 Å². The number of aliphatic carboxylic acids is 1. The van der Waals surface area contributed by atoms with E-state index in [4.69, 9.17) is 5.73 Å². The summed E-state index contributed by atoms with van der Waals surface area (Å²) in [6.07, 6.45) is 3.70. The van der Waals surface area contributed by atoms with Crippen LogP contribution in [0.15, 0.2) is 24.3 Å². The molecular weight excluding hydrogens is 382 g/mol. The minimum atomic E-state index is -1.16. The number of phenolic OH excluding ortho intramolecular Hbond substituents is 1. The zero-order valence-electron chi connectivity index (χ0n) is 15.8. The summed E-state index contributed by atoms with van der Waals surface area (Å²) in [5.74, 6) is -1.07. The number of carboxylic acids is 1. The van der Waals surface area contributed by atoms with E-state index in [0.29, 0.717) is 31.4 Å². The Morgan fingerprint density at radius 1 is 1.32 bits per heavy atom. The third kappa shape index (κ3) is 5.87. The van der Waals surface area contributed by atoms with Gasteiger partial charge in [0, 0.05) is 13.0 Å². The van der Waals surface area contributed by atoms with Gasteiger partial charge in [0.25, 0.3) is 0 Å². The maximum absolute atomic E-state index is 12.7. The molecule has 0 spiro atoms. The van der Waals surface area contributed by atoms with Crippen LogP contribution in [0.2, 0.25) is 0 Å². The summed E-state index contributed by atoms with van der Waals surface area (Å²) in [5, 5.41) is 21.4.